The number of carbonyl (C=O) groups is 1. The van der Waals surface area contributed by atoms with Crippen LogP contribution in [0, 0.1) is 5.82 Å². The molecule has 0 aliphatic carbocycles. The number of rotatable bonds is 5. The molecule has 0 radical (unpaired) electrons. The Morgan fingerprint density at radius 2 is 1.95 bits per heavy atom. The zero-order valence-corrected chi connectivity index (χ0v) is 11.8. The Bertz CT molecular complexity index is 613. The molecule has 0 aliphatic rings. The summed E-state index contributed by atoms with van der Waals surface area (Å²) in [5.74, 6) is -1.06. The molecule has 1 unspecified atom stereocenters. The Balaban J connectivity index is 1.87. The van der Waals surface area contributed by atoms with Crippen molar-refractivity contribution in [2.45, 2.75) is 19.3 Å². The van der Waals surface area contributed by atoms with E-state index in [0.717, 1.165) is 12.5 Å². The van der Waals surface area contributed by atoms with Gasteiger partial charge in [-0.2, -0.15) is 0 Å². The van der Waals surface area contributed by atoms with E-state index in [-0.39, 0.29) is 11.3 Å². The predicted octanol–water partition coefficient (Wildman–Crippen LogP) is 3.45. The fourth-order valence-corrected chi connectivity index (χ4v) is 2.13. The number of nitrogens with one attached hydrogen (secondary N) is 1. The number of carbonyl (C=O) groups excluding carboxylic acids is 1. The minimum atomic E-state index is -0.719. The third kappa shape index (κ3) is 4.05. The van der Waals surface area contributed by atoms with Gasteiger partial charge in [0.05, 0.1) is 5.56 Å². The van der Waals surface area contributed by atoms with E-state index in [9.17, 15) is 9.18 Å². The number of phenols is 1. The second-order valence-electron chi connectivity index (χ2n) is 5.02. The van der Waals surface area contributed by atoms with E-state index < -0.39 is 11.7 Å². The van der Waals surface area contributed by atoms with E-state index in [1.807, 2.05) is 30.3 Å². The summed E-state index contributed by atoms with van der Waals surface area (Å²) in [5, 5.41) is 11.8. The number of amides is 1. The van der Waals surface area contributed by atoms with Gasteiger partial charge < -0.3 is 10.4 Å². The first kappa shape index (κ1) is 15.0. The highest BCUT2D eigenvalue weighted by atomic mass is 19.1. The van der Waals surface area contributed by atoms with Crippen LogP contribution in [-0.4, -0.2) is 17.6 Å². The summed E-state index contributed by atoms with van der Waals surface area (Å²) in [6.45, 7) is 2.55. The van der Waals surface area contributed by atoms with Crippen molar-refractivity contribution in [1.82, 2.24) is 5.32 Å². The van der Waals surface area contributed by atoms with E-state index in [1.165, 1.54) is 17.7 Å². The molecule has 2 N–H and O–H groups in total. The molecule has 0 heterocycles. The molecule has 3 nitrogen and oxygen atoms in total. The van der Waals surface area contributed by atoms with Crippen molar-refractivity contribution in [2.75, 3.05) is 6.54 Å². The highest BCUT2D eigenvalue weighted by Crippen LogP contribution is 2.18. The molecule has 0 fully saturated rings. The van der Waals surface area contributed by atoms with E-state index in [4.69, 9.17) is 5.11 Å². The maximum atomic E-state index is 13.5. The van der Waals surface area contributed by atoms with Gasteiger partial charge in [0, 0.05) is 12.6 Å². The van der Waals surface area contributed by atoms with Crippen LogP contribution in [-0.2, 0) is 0 Å². The van der Waals surface area contributed by atoms with Crippen molar-refractivity contribution in [3.05, 3.63) is 65.5 Å². The first-order chi connectivity index (χ1) is 10.1. The number of phenolic OH excluding ortho intramolecular Hbond substituents is 1. The Labute approximate surface area is 123 Å². The molecule has 4 heteroatoms. The maximum absolute atomic E-state index is 13.5. The first-order valence-electron chi connectivity index (χ1n) is 6.89. The zero-order chi connectivity index (χ0) is 15.2. The van der Waals surface area contributed by atoms with Gasteiger partial charge in [0.15, 0.2) is 0 Å². The molecule has 1 atom stereocenters. The van der Waals surface area contributed by atoms with Gasteiger partial charge in [-0.3, -0.25) is 4.79 Å². The lowest BCUT2D eigenvalue weighted by Gasteiger charge is -2.12. The van der Waals surface area contributed by atoms with Crippen molar-refractivity contribution < 1.29 is 14.3 Å². The Kier molecular flexibility index (Phi) is 4.93. The van der Waals surface area contributed by atoms with Crippen LogP contribution in [0.4, 0.5) is 4.39 Å². The molecule has 2 rings (SSSR count). The third-order valence-corrected chi connectivity index (χ3v) is 3.43. The van der Waals surface area contributed by atoms with E-state index >= 15 is 0 Å². The molecular weight excluding hydrogens is 269 g/mol. The number of halogens is 1. The Morgan fingerprint density at radius 3 is 2.62 bits per heavy atom. The average Bonchev–Trinajstić information content (AvgIpc) is 2.47. The second kappa shape index (κ2) is 6.88. The molecule has 2 aromatic rings. The molecule has 0 aromatic heterocycles. The quantitative estimate of drug-likeness (QED) is 0.885. The lowest BCUT2D eigenvalue weighted by atomic mass is 9.98. The normalized spacial score (nSPS) is 11.9. The van der Waals surface area contributed by atoms with Crippen LogP contribution in [0.2, 0.25) is 0 Å². The molecule has 0 bridgehead atoms. The molecule has 0 saturated heterocycles. The summed E-state index contributed by atoms with van der Waals surface area (Å²) in [6.07, 6.45) is 0.773. The van der Waals surface area contributed by atoms with Crippen molar-refractivity contribution in [1.29, 1.82) is 0 Å². The fourth-order valence-electron chi connectivity index (χ4n) is 2.13. The molecule has 0 spiro atoms. The molecule has 2 aromatic carbocycles. The molecular formula is C17H18FNO2. The van der Waals surface area contributed by atoms with Gasteiger partial charge in [-0.1, -0.05) is 37.3 Å². The fraction of sp³-hybridized carbons (Fsp3) is 0.235. The van der Waals surface area contributed by atoms with E-state index in [0.29, 0.717) is 12.5 Å². The summed E-state index contributed by atoms with van der Waals surface area (Å²) in [7, 11) is 0. The largest absolute Gasteiger partial charge is 0.508 e. The van der Waals surface area contributed by atoms with Crippen LogP contribution < -0.4 is 5.32 Å². The van der Waals surface area contributed by atoms with E-state index in [2.05, 4.69) is 12.2 Å². The molecule has 0 aliphatic heterocycles. The Hall–Kier alpha value is -2.36. The standard InChI is InChI=1S/C17H18FNO2/c1-12(13-5-3-2-4-6-13)9-10-19-17(21)15-8-7-14(20)11-16(15)18/h2-8,11-12,20H,9-10H2,1H3,(H,19,21). The highest BCUT2D eigenvalue weighted by molar-refractivity contribution is 5.94. The molecule has 21 heavy (non-hydrogen) atoms. The third-order valence-electron chi connectivity index (χ3n) is 3.43. The van der Waals surface area contributed by atoms with Gasteiger partial charge in [-0.15, -0.1) is 0 Å². The van der Waals surface area contributed by atoms with Crippen molar-refractivity contribution >= 4 is 5.91 Å². The van der Waals surface area contributed by atoms with Crippen molar-refractivity contribution in [2.24, 2.45) is 0 Å². The smallest absolute Gasteiger partial charge is 0.254 e. The van der Waals surface area contributed by atoms with Crippen molar-refractivity contribution in [3.63, 3.8) is 0 Å². The summed E-state index contributed by atoms with van der Waals surface area (Å²) < 4.78 is 13.5. The van der Waals surface area contributed by atoms with Crippen LogP contribution >= 0.6 is 0 Å². The molecule has 0 saturated carbocycles. The molecule has 1 amide bonds. The summed E-state index contributed by atoms with van der Waals surface area (Å²) in [4.78, 5) is 11.9. The van der Waals surface area contributed by atoms with Crippen LogP contribution in [0.1, 0.15) is 35.2 Å². The van der Waals surface area contributed by atoms with Crippen LogP contribution in [0.5, 0.6) is 5.75 Å². The minimum absolute atomic E-state index is 0.0554. The van der Waals surface area contributed by atoms with Gasteiger partial charge in [0.1, 0.15) is 11.6 Å². The lowest BCUT2D eigenvalue weighted by molar-refractivity contribution is 0.0948. The Morgan fingerprint density at radius 1 is 1.24 bits per heavy atom. The average molecular weight is 287 g/mol. The molecule has 110 valence electrons. The highest BCUT2D eigenvalue weighted by Gasteiger charge is 2.12. The number of hydrogen-bond acceptors (Lipinski definition) is 2. The topological polar surface area (TPSA) is 49.3 Å². The summed E-state index contributed by atoms with van der Waals surface area (Å²) in [5.41, 5.74) is 1.16. The zero-order valence-electron chi connectivity index (χ0n) is 11.8. The summed E-state index contributed by atoms with van der Waals surface area (Å²) >= 11 is 0. The SMILES string of the molecule is CC(CCNC(=O)c1ccc(O)cc1F)c1ccccc1. The van der Waals surface area contributed by atoms with E-state index in [1.54, 1.807) is 0 Å². The lowest BCUT2D eigenvalue weighted by Crippen LogP contribution is -2.26. The van der Waals surface area contributed by atoms with Gasteiger partial charge in [-0.25, -0.2) is 4.39 Å². The number of benzene rings is 2. The number of hydrogen-bond donors (Lipinski definition) is 2. The van der Waals surface area contributed by atoms with Gasteiger partial charge in [-0.05, 0) is 30.0 Å². The maximum Gasteiger partial charge on any atom is 0.254 e. The minimum Gasteiger partial charge on any atom is -0.508 e. The van der Waals surface area contributed by atoms with Crippen molar-refractivity contribution in [3.8, 4) is 5.75 Å². The van der Waals surface area contributed by atoms with Gasteiger partial charge in [0.2, 0.25) is 0 Å². The van der Waals surface area contributed by atoms with Crippen LogP contribution in [0.15, 0.2) is 48.5 Å². The van der Waals surface area contributed by atoms with Crippen LogP contribution in [0.3, 0.4) is 0 Å². The van der Waals surface area contributed by atoms with Gasteiger partial charge in [0.25, 0.3) is 5.91 Å². The summed E-state index contributed by atoms with van der Waals surface area (Å²) in [6, 6.07) is 13.5. The second-order valence-corrected chi connectivity index (χ2v) is 5.02. The predicted molar refractivity (Wildman–Crippen MR) is 79.9 cm³/mol. The first-order valence-corrected chi connectivity index (χ1v) is 6.89. The van der Waals surface area contributed by atoms with Crippen LogP contribution in [0.25, 0.3) is 0 Å². The monoisotopic (exact) mass is 287 g/mol. The number of aromatic hydroxyl groups is 1. The van der Waals surface area contributed by atoms with Gasteiger partial charge >= 0.3 is 0 Å².